The van der Waals surface area contributed by atoms with Crippen molar-refractivity contribution in [3.05, 3.63) is 35.1 Å². The van der Waals surface area contributed by atoms with Gasteiger partial charge in [0.25, 0.3) is 0 Å². The number of rotatable bonds is 3. The smallest absolute Gasteiger partial charge is 0.316 e. The van der Waals surface area contributed by atoms with E-state index >= 15 is 0 Å². The molecule has 1 unspecified atom stereocenters. The standard InChI is InChI=1S/C15H17F4NO/c1-9(2)14(5-6-20-8-14)13(21)10-3-4-12(16)11(7-10)15(17,18)19/h3-4,7,9,20H,5-6,8H2,1-2H3. The van der Waals surface area contributed by atoms with Gasteiger partial charge in [-0.2, -0.15) is 13.2 Å². The fraction of sp³-hybridized carbons (Fsp3) is 0.533. The molecule has 1 N–H and O–H groups in total. The lowest BCUT2D eigenvalue weighted by atomic mass is 9.71. The van der Waals surface area contributed by atoms with Gasteiger partial charge in [0.05, 0.1) is 5.56 Å². The highest BCUT2D eigenvalue weighted by molar-refractivity contribution is 6.01. The predicted molar refractivity (Wildman–Crippen MR) is 70.5 cm³/mol. The molecular weight excluding hydrogens is 286 g/mol. The fourth-order valence-electron chi connectivity index (χ4n) is 2.83. The zero-order valence-electron chi connectivity index (χ0n) is 11.9. The second-order valence-electron chi connectivity index (χ2n) is 5.76. The number of carbonyl (C=O) groups excluding carboxylic acids is 1. The van der Waals surface area contributed by atoms with Crippen molar-refractivity contribution >= 4 is 5.78 Å². The van der Waals surface area contributed by atoms with Crippen LogP contribution < -0.4 is 5.32 Å². The molecule has 0 saturated carbocycles. The van der Waals surface area contributed by atoms with Crippen LogP contribution in [0, 0.1) is 17.2 Å². The van der Waals surface area contributed by atoms with Crippen LogP contribution >= 0.6 is 0 Å². The zero-order valence-corrected chi connectivity index (χ0v) is 11.9. The third kappa shape index (κ3) is 2.81. The van der Waals surface area contributed by atoms with E-state index in [2.05, 4.69) is 5.32 Å². The van der Waals surface area contributed by atoms with Crippen molar-refractivity contribution in [2.45, 2.75) is 26.4 Å². The molecule has 0 aliphatic carbocycles. The van der Waals surface area contributed by atoms with Gasteiger partial charge in [-0.3, -0.25) is 4.79 Å². The Morgan fingerprint density at radius 3 is 2.48 bits per heavy atom. The molecule has 0 spiro atoms. The van der Waals surface area contributed by atoms with Crippen molar-refractivity contribution in [1.82, 2.24) is 5.32 Å². The van der Waals surface area contributed by atoms with Crippen molar-refractivity contribution in [2.24, 2.45) is 11.3 Å². The molecule has 0 bridgehead atoms. The highest BCUT2D eigenvalue weighted by atomic mass is 19.4. The van der Waals surface area contributed by atoms with E-state index in [0.717, 1.165) is 6.07 Å². The van der Waals surface area contributed by atoms with Crippen LogP contribution in [0.3, 0.4) is 0 Å². The van der Waals surface area contributed by atoms with Crippen molar-refractivity contribution in [2.75, 3.05) is 13.1 Å². The van der Waals surface area contributed by atoms with Crippen LogP contribution in [-0.4, -0.2) is 18.9 Å². The van der Waals surface area contributed by atoms with Gasteiger partial charge in [0.2, 0.25) is 0 Å². The van der Waals surface area contributed by atoms with Crippen molar-refractivity contribution in [3.63, 3.8) is 0 Å². The number of halogens is 4. The summed E-state index contributed by atoms with van der Waals surface area (Å²) in [6, 6.07) is 2.47. The maximum Gasteiger partial charge on any atom is 0.419 e. The van der Waals surface area contributed by atoms with Gasteiger partial charge in [-0.05, 0) is 37.1 Å². The molecule has 2 nitrogen and oxygen atoms in total. The Hall–Kier alpha value is -1.43. The minimum Gasteiger partial charge on any atom is -0.316 e. The second kappa shape index (κ2) is 5.40. The predicted octanol–water partition coefficient (Wildman–Crippen LogP) is 3.66. The number of alkyl halides is 3. The van der Waals surface area contributed by atoms with Gasteiger partial charge in [0.1, 0.15) is 5.82 Å². The summed E-state index contributed by atoms with van der Waals surface area (Å²) in [7, 11) is 0. The minimum absolute atomic E-state index is 0.0145. The van der Waals surface area contributed by atoms with E-state index in [0.29, 0.717) is 31.6 Å². The van der Waals surface area contributed by atoms with Crippen LogP contribution in [0.1, 0.15) is 36.2 Å². The molecule has 1 aliphatic rings. The van der Waals surface area contributed by atoms with Crippen molar-refractivity contribution in [3.8, 4) is 0 Å². The molecular formula is C15H17F4NO. The highest BCUT2D eigenvalue weighted by Crippen LogP contribution is 2.39. The number of hydrogen-bond acceptors (Lipinski definition) is 2. The molecule has 0 aromatic heterocycles. The van der Waals surface area contributed by atoms with Crippen LogP contribution in [0.15, 0.2) is 18.2 Å². The van der Waals surface area contributed by atoms with Gasteiger partial charge in [-0.25, -0.2) is 4.39 Å². The Morgan fingerprint density at radius 2 is 2.00 bits per heavy atom. The summed E-state index contributed by atoms with van der Waals surface area (Å²) < 4.78 is 51.6. The lowest BCUT2D eigenvalue weighted by Crippen LogP contribution is -2.38. The Balaban J connectivity index is 2.44. The first-order valence-corrected chi connectivity index (χ1v) is 6.81. The van der Waals surface area contributed by atoms with Gasteiger partial charge >= 0.3 is 6.18 Å². The number of benzene rings is 1. The molecule has 1 aromatic carbocycles. The van der Waals surface area contributed by atoms with Crippen LogP contribution in [0.2, 0.25) is 0 Å². The van der Waals surface area contributed by atoms with E-state index in [-0.39, 0.29) is 17.3 Å². The van der Waals surface area contributed by atoms with Gasteiger partial charge in [-0.1, -0.05) is 13.8 Å². The Kier molecular flexibility index (Phi) is 4.10. The van der Waals surface area contributed by atoms with E-state index in [1.807, 2.05) is 13.8 Å². The van der Waals surface area contributed by atoms with E-state index in [1.165, 1.54) is 0 Å². The monoisotopic (exact) mass is 303 g/mol. The zero-order chi connectivity index (χ0) is 15.8. The summed E-state index contributed by atoms with van der Waals surface area (Å²) in [5, 5.41) is 3.08. The highest BCUT2D eigenvalue weighted by Gasteiger charge is 2.45. The minimum atomic E-state index is -4.81. The van der Waals surface area contributed by atoms with E-state index in [1.54, 1.807) is 0 Å². The van der Waals surface area contributed by atoms with Crippen molar-refractivity contribution < 1.29 is 22.4 Å². The summed E-state index contributed by atoms with van der Waals surface area (Å²) >= 11 is 0. The van der Waals surface area contributed by atoms with E-state index in [4.69, 9.17) is 0 Å². The molecule has 21 heavy (non-hydrogen) atoms. The maximum absolute atomic E-state index is 13.3. The normalized spacial score (nSPS) is 22.8. The van der Waals surface area contributed by atoms with Crippen LogP contribution in [0.5, 0.6) is 0 Å². The second-order valence-corrected chi connectivity index (χ2v) is 5.76. The quantitative estimate of drug-likeness (QED) is 0.682. The fourth-order valence-corrected chi connectivity index (χ4v) is 2.83. The summed E-state index contributed by atoms with van der Waals surface area (Å²) in [6.07, 6.45) is -4.23. The van der Waals surface area contributed by atoms with Crippen LogP contribution in [0.25, 0.3) is 0 Å². The summed E-state index contributed by atoms with van der Waals surface area (Å²) in [5.41, 5.74) is -2.19. The first kappa shape index (κ1) is 15.9. The molecule has 116 valence electrons. The Labute approximate surface area is 120 Å². The van der Waals surface area contributed by atoms with Gasteiger partial charge in [0.15, 0.2) is 5.78 Å². The van der Waals surface area contributed by atoms with Gasteiger partial charge in [0, 0.05) is 17.5 Å². The number of Topliss-reactive ketones (excluding diaryl/α,β-unsaturated/α-hetero) is 1. The molecule has 1 fully saturated rings. The Morgan fingerprint density at radius 1 is 1.33 bits per heavy atom. The SMILES string of the molecule is CC(C)C1(C(=O)c2ccc(F)c(C(F)(F)F)c2)CCNC1. The first-order valence-electron chi connectivity index (χ1n) is 6.81. The number of nitrogens with one attached hydrogen (secondary N) is 1. The van der Waals surface area contributed by atoms with Crippen LogP contribution in [-0.2, 0) is 6.18 Å². The maximum atomic E-state index is 13.3. The molecule has 1 aromatic rings. The van der Waals surface area contributed by atoms with E-state index in [9.17, 15) is 22.4 Å². The molecule has 1 heterocycles. The number of hydrogen-bond donors (Lipinski definition) is 1. The largest absolute Gasteiger partial charge is 0.419 e. The van der Waals surface area contributed by atoms with E-state index < -0.39 is 23.0 Å². The van der Waals surface area contributed by atoms with Gasteiger partial charge in [-0.15, -0.1) is 0 Å². The lowest BCUT2D eigenvalue weighted by molar-refractivity contribution is -0.140. The third-order valence-corrected chi connectivity index (χ3v) is 4.28. The molecule has 1 saturated heterocycles. The van der Waals surface area contributed by atoms with Crippen molar-refractivity contribution in [1.29, 1.82) is 0 Å². The molecule has 6 heteroatoms. The number of carbonyl (C=O) groups is 1. The number of ketones is 1. The summed E-state index contributed by atoms with van der Waals surface area (Å²) in [4.78, 5) is 12.7. The average molecular weight is 303 g/mol. The molecule has 1 aliphatic heterocycles. The molecule has 0 amide bonds. The third-order valence-electron chi connectivity index (χ3n) is 4.28. The average Bonchev–Trinajstić information content (AvgIpc) is 2.87. The molecule has 0 radical (unpaired) electrons. The van der Waals surface area contributed by atoms with Gasteiger partial charge < -0.3 is 5.32 Å². The topological polar surface area (TPSA) is 29.1 Å². The van der Waals surface area contributed by atoms with Crippen LogP contribution in [0.4, 0.5) is 17.6 Å². The molecule has 2 rings (SSSR count). The summed E-state index contributed by atoms with van der Waals surface area (Å²) in [6.45, 7) is 4.83. The Bertz CT molecular complexity index is 545. The lowest BCUT2D eigenvalue weighted by Gasteiger charge is -2.31. The summed E-state index contributed by atoms with van der Waals surface area (Å²) in [5.74, 6) is -1.73. The molecule has 1 atom stereocenters. The first-order chi connectivity index (χ1) is 9.68.